The number of hydrogen-bond acceptors (Lipinski definition) is 5. The molecule has 1 amide bonds. The van der Waals surface area contributed by atoms with E-state index in [9.17, 15) is 45.8 Å². The second kappa shape index (κ2) is 15.6. The maximum absolute atomic E-state index is 16.6. The molecule has 284 valence electrons. The van der Waals surface area contributed by atoms with Gasteiger partial charge in [-0.05, 0) is 86.5 Å². The molecular formula is C36H39F8N3O5. The number of carbonyl (C=O) groups is 2. The third kappa shape index (κ3) is 8.76. The molecule has 1 saturated heterocycles. The van der Waals surface area contributed by atoms with Crippen molar-refractivity contribution in [3.8, 4) is 16.9 Å². The number of carboxylic acids is 1. The van der Waals surface area contributed by atoms with Crippen molar-refractivity contribution in [1.82, 2.24) is 14.8 Å². The number of nitrogens with one attached hydrogen (secondary N) is 1. The molecule has 0 bridgehead atoms. The van der Waals surface area contributed by atoms with Gasteiger partial charge in [-0.3, -0.25) is 14.4 Å². The Bertz CT molecular complexity index is 1880. The first kappa shape index (κ1) is 40.3. The standard InChI is InChI=1S/C36H39F8N3O5/c1-18(2)13-26(47-17-21(9-12-46-10-6-11-46)23(15-28(47)48)35(39,40)41)34(51)45-25(16-29(49)50)31-32(37)22(14-24(33(31)38)36(42,43)44)30-19(3)7-8-27(52-5)20(30)4/h7-8,14-15,17-18,25-26H,6,9-13,16H2,1-5H3,(H,45,51)(H,49,50)/t25-,26?/m0/s1. The molecule has 1 aromatic heterocycles. The summed E-state index contributed by atoms with van der Waals surface area (Å²) in [5.74, 6) is -7.01. The van der Waals surface area contributed by atoms with E-state index in [1.807, 2.05) is 4.90 Å². The molecule has 2 N–H and O–H groups in total. The number of alkyl halides is 6. The molecule has 0 saturated carbocycles. The molecule has 1 fully saturated rings. The van der Waals surface area contributed by atoms with Crippen molar-refractivity contribution in [1.29, 1.82) is 0 Å². The normalized spacial score (nSPS) is 15.0. The molecule has 2 atom stereocenters. The summed E-state index contributed by atoms with van der Waals surface area (Å²) in [5.41, 5.74) is -6.46. The number of benzene rings is 2. The number of carboxylic acid groups (broad SMARTS) is 1. The quantitative estimate of drug-likeness (QED) is 0.175. The number of ether oxygens (including phenoxy) is 1. The lowest BCUT2D eigenvalue weighted by atomic mass is 9.88. The summed E-state index contributed by atoms with van der Waals surface area (Å²) in [6.07, 6.45) is -10.2. The number of aliphatic carboxylic acids is 1. The van der Waals surface area contributed by atoms with Gasteiger partial charge in [0, 0.05) is 29.9 Å². The average molecular weight is 746 g/mol. The highest BCUT2D eigenvalue weighted by atomic mass is 19.4. The van der Waals surface area contributed by atoms with Crippen LogP contribution in [0.4, 0.5) is 35.1 Å². The second-order valence-electron chi connectivity index (χ2n) is 13.3. The van der Waals surface area contributed by atoms with Crippen molar-refractivity contribution < 1.29 is 54.6 Å². The molecule has 4 rings (SSSR count). The van der Waals surface area contributed by atoms with E-state index in [1.165, 1.54) is 33.1 Å². The van der Waals surface area contributed by atoms with Gasteiger partial charge in [0.15, 0.2) is 0 Å². The molecular weight excluding hydrogens is 706 g/mol. The Morgan fingerprint density at radius 2 is 1.62 bits per heavy atom. The second-order valence-corrected chi connectivity index (χ2v) is 13.3. The molecule has 1 aliphatic rings. The van der Waals surface area contributed by atoms with Crippen LogP contribution in [0.15, 0.2) is 35.3 Å². The van der Waals surface area contributed by atoms with Crippen molar-refractivity contribution in [2.24, 2.45) is 5.92 Å². The molecule has 2 aromatic carbocycles. The largest absolute Gasteiger partial charge is 0.496 e. The molecule has 1 aliphatic heterocycles. The Kier molecular flexibility index (Phi) is 12.1. The van der Waals surface area contributed by atoms with Gasteiger partial charge < -0.3 is 24.6 Å². The Morgan fingerprint density at radius 1 is 0.981 bits per heavy atom. The van der Waals surface area contributed by atoms with Gasteiger partial charge in [-0.15, -0.1) is 0 Å². The number of rotatable bonds is 13. The van der Waals surface area contributed by atoms with E-state index in [0.717, 1.165) is 17.2 Å². The van der Waals surface area contributed by atoms with Gasteiger partial charge in [-0.1, -0.05) is 19.9 Å². The van der Waals surface area contributed by atoms with Crippen LogP contribution in [0.2, 0.25) is 0 Å². The summed E-state index contributed by atoms with van der Waals surface area (Å²) in [6, 6.07) is -0.380. The van der Waals surface area contributed by atoms with E-state index in [0.29, 0.717) is 19.2 Å². The average Bonchev–Trinajstić information content (AvgIpc) is 2.99. The van der Waals surface area contributed by atoms with E-state index in [2.05, 4.69) is 5.32 Å². The summed E-state index contributed by atoms with van der Waals surface area (Å²) in [7, 11) is 1.28. The molecule has 16 heteroatoms. The van der Waals surface area contributed by atoms with Crippen LogP contribution < -0.4 is 15.6 Å². The van der Waals surface area contributed by atoms with Crippen molar-refractivity contribution in [3.05, 3.63) is 85.8 Å². The molecule has 2 heterocycles. The first-order valence-electron chi connectivity index (χ1n) is 16.5. The van der Waals surface area contributed by atoms with Gasteiger partial charge in [0.25, 0.3) is 5.56 Å². The maximum atomic E-state index is 16.6. The van der Waals surface area contributed by atoms with Crippen molar-refractivity contribution in [3.63, 3.8) is 0 Å². The molecule has 8 nitrogen and oxygen atoms in total. The van der Waals surface area contributed by atoms with Crippen LogP contribution in [0.1, 0.15) is 78.6 Å². The first-order chi connectivity index (χ1) is 24.1. The Balaban J connectivity index is 1.90. The van der Waals surface area contributed by atoms with E-state index in [1.54, 1.807) is 13.8 Å². The third-order valence-corrected chi connectivity index (χ3v) is 9.14. The zero-order valence-corrected chi connectivity index (χ0v) is 29.1. The number of carbonyl (C=O) groups excluding carboxylic acids is 1. The van der Waals surface area contributed by atoms with E-state index in [-0.39, 0.29) is 53.5 Å². The van der Waals surface area contributed by atoms with Crippen LogP contribution in [0.3, 0.4) is 0 Å². The van der Waals surface area contributed by atoms with Crippen LogP contribution in [-0.2, 0) is 28.4 Å². The van der Waals surface area contributed by atoms with Crippen LogP contribution in [-0.4, -0.2) is 53.2 Å². The number of likely N-dealkylation sites (tertiary alicyclic amines) is 1. The topological polar surface area (TPSA) is 101 Å². The van der Waals surface area contributed by atoms with Crippen molar-refractivity contribution >= 4 is 11.9 Å². The number of methoxy groups -OCH3 is 1. The van der Waals surface area contributed by atoms with Crippen molar-refractivity contribution in [2.75, 3.05) is 26.7 Å². The van der Waals surface area contributed by atoms with Crippen LogP contribution in [0, 0.1) is 31.4 Å². The smallest absolute Gasteiger partial charge is 0.419 e. The molecule has 3 aromatic rings. The van der Waals surface area contributed by atoms with Gasteiger partial charge >= 0.3 is 18.3 Å². The number of pyridine rings is 1. The monoisotopic (exact) mass is 745 g/mol. The Labute approximate surface area is 294 Å². The first-order valence-corrected chi connectivity index (χ1v) is 16.5. The van der Waals surface area contributed by atoms with Crippen LogP contribution in [0.25, 0.3) is 11.1 Å². The fourth-order valence-electron chi connectivity index (χ4n) is 6.46. The highest BCUT2D eigenvalue weighted by molar-refractivity contribution is 5.82. The number of hydrogen-bond donors (Lipinski definition) is 2. The number of aromatic nitrogens is 1. The zero-order chi connectivity index (χ0) is 38.9. The summed E-state index contributed by atoms with van der Waals surface area (Å²) >= 11 is 0. The lowest BCUT2D eigenvalue weighted by molar-refractivity contribution is -0.140. The van der Waals surface area contributed by atoms with Gasteiger partial charge in [0.05, 0.1) is 30.7 Å². The minimum absolute atomic E-state index is 0.0938. The molecule has 0 aliphatic carbocycles. The van der Waals surface area contributed by atoms with Gasteiger partial charge in [0.1, 0.15) is 23.4 Å². The van der Waals surface area contributed by atoms with E-state index >= 15 is 8.78 Å². The lowest BCUT2D eigenvalue weighted by Crippen LogP contribution is -2.41. The Morgan fingerprint density at radius 3 is 2.13 bits per heavy atom. The predicted octanol–water partition coefficient (Wildman–Crippen LogP) is 7.62. The number of aryl methyl sites for hydroxylation is 1. The van der Waals surface area contributed by atoms with Crippen LogP contribution >= 0.6 is 0 Å². The van der Waals surface area contributed by atoms with E-state index < -0.39 is 88.1 Å². The summed E-state index contributed by atoms with van der Waals surface area (Å²) < 4.78 is 123. The number of nitrogens with zero attached hydrogens (tertiary/aromatic N) is 2. The lowest BCUT2D eigenvalue weighted by Gasteiger charge is -2.31. The highest BCUT2D eigenvalue weighted by Gasteiger charge is 2.41. The Hall–Kier alpha value is -4.47. The summed E-state index contributed by atoms with van der Waals surface area (Å²) in [4.78, 5) is 41.1. The van der Waals surface area contributed by atoms with E-state index in [4.69, 9.17) is 4.74 Å². The molecule has 1 unspecified atom stereocenters. The zero-order valence-electron chi connectivity index (χ0n) is 29.1. The summed E-state index contributed by atoms with van der Waals surface area (Å²) in [5, 5.41) is 11.9. The van der Waals surface area contributed by atoms with Crippen molar-refractivity contribution in [2.45, 2.75) is 77.8 Å². The maximum Gasteiger partial charge on any atom is 0.419 e. The third-order valence-electron chi connectivity index (χ3n) is 9.14. The molecule has 0 radical (unpaired) electrons. The van der Waals surface area contributed by atoms with Gasteiger partial charge in [0.2, 0.25) is 5.91 Å². The van der Waals surface area contributed by atoms with Gasteiger partial charge in [-0.25, -0.2) is 8.78 Å². The summed E-state index contributed by atoms with van der Waals surface area (Å²) in [6.45, 7) is 7.70. The predicted molar refractivity (Wildman–Crippen MR) is 175 cm³/mol. The highest BCUT2D eigenvalue weighted by Crippen LogP contribution is 2.43. The fraction of sp³-hybridized carbons (Fsp3) is 0.472. The number of halogens is 8. The minimum Gasteiger partial charge on any atom is -0.496 e. The number of amides is 1. The molecule has 52 heavy (non-hydrogen) atoms. The van der Waals surface area contributed by atoms with Gasteiger partial charge in [-0.2, -0.15) is 26.3 Å². The van der Waals surface area contributed by atoms with Crippen LogP contribution in [0.5, 0.6) is 5.75 Å². The fourth-order valence-corrected chi connectivity index (χ4v) is 6.46. The SMILES string of the molecule is COc1ccc(C)c(-c2cc(C(F)(F)F)c(F)c([C@H](CC(=O)O)NC(=O)C(CC(C)C)n3cc(CCN4CCC4)c(C(F)(F)F)cc3=O)c2F)c1C. The minimum atomic E-state index is -5.40. The molecule has 0 spiro atoms.